The molecule has 0 spiro atoms. The van der Waals surface area contributed by atoms with Crippen LogP contribution in [-0.4, -0.2) is 17.1 Å². The van der Waals surface area contributed by atoms with Crippen LogP contribution >= 0.6 is 23.4 Å². The zero-order chi connectivity index (χ0) is 18.7. The van der Waals surface area contributed by atoms with E-state index in [9.17, 15) is 14.4 Å². The number of ether oxygens (including phenoxy) is 1. The van der Waals surface area contributed by atoms with Gasteiger partial charge in [0, 0.05) is 0 Å². The van der Waals surface area contributed by atoms with Gasteiger partial charge in [0.05, 0.1) is 16.3 Å². The van der Waals surface area contributed by atoms with Crippen LogP contribution in [0.5, 0.6) is 5.75 Å². The minimum absolute atomic E-state index is 0.147. The predicted molar refractivity (Wildman–Crippen MR) is 101 cm³/mol. The lowest BCUT2D eigenvalue weighted by Crippen LogP contribution is -2.17. The standard InChI is InChI=1S/C19H14ClNO4S/c1-11-4-2-3-5-13(11)10-17(22)25-15-7-6-12(8-14(15)20)9-16-18(23)21-19(24)26-16/h2-9H,10H2,1H3,(H,21,23,24). The van der Waals surface area contributed by atoms with E-state index in [0.717, 1.165) is 22.9 Å². The molecule has 1 saturated heterocycles. The third-order valence-electron chi connectivity index (χ3n) is 3.72. The molecule has 0 atom stereocenters. The van der Waals surface area contributed by atoms with Gasteiger partial charge in [0.15, 0.2) is 0 Å². The van der Waals surface area contributed by atoms with Crippen molar-refractivity contribution in [2.75, 3.05) is 0 Å². The molecule has 0 saturated carbocycles. The SMILES string of the molecule is Cc1ccccc1CC(=O)Oc1ccc(C=C2SC(=O)NC2=O)cc1Cl. The Kier molecular flexibility index (Phi) is 5.44. The van der Waals surface area contributed by atoms with Gasteiger partial charge in [-0.25, -0.2) is 0 Å². The molecule has 0 bridgehead atoms. The fourth-order valence-corrected chi connectivity index (χ4v) is 3.29. The number of hydrogen-bond donors (Lipinski definition) is 1. The van der Waals surface area contributed by atoms with Gasteiger partial charge >= 0.3 is 5.97 Å². The van der Waals surface area contributed by atoms with Crippen LogP contribution in [0.3, 0.4) is 0 Å². The Balaban J connectivity index is 1.71. The van der Waals surface area contributed by atoms with Crippen LogP contribution in [0.15, 0.2) is 47.4 Å². The molecule has 0 unspecified atom stereocenters. The highest BCUT2D eigenvalue weighted by Gasteiger charge is 2.25. The number of nitrogens with one attached hydrogen (secondary N) is 1. The van der Waals surface area contributed by atoms with Crippen LogP contribution in [0.2, 0.25) is 5.02 Å². The number of amides is 2. The summed E-state index contributed by atoms with van der Waals surface area (Å²) in [6.07, 6.45) is 1.70. The Morgan fingerprint density at radius 1 is 1.23 bits per heavy atom. The van der Waals surface area contributed by atoms with Gasteiger partial charge in [-0.1, -0.05) is 41.9 Å². The second-order valence-electron chi connectivity index (χ2n) is 5.62. The van der Waals surface area contributed by atoms with Gasteiger partial charge in [-0.2, -0.15) is 0 Å². The van der Waals surface area contributed by atoms with Crippen molar-refractivity contribution in [2.45, 2.75) is 13.3 Å². The molecule has 1 aliphatic rings. The highest BCUT2D eigenvalue weighted by molar-refractivity contribution is 8.18. The van der Waals surface area contributed by atoms with E-state index in [2.05, 4.69) is 5.32 Å². The molecule has 7 heteroatoms. The van der Waals surface area contributed by atoms with Crippen LogP contribution in [-0.2, 0) is 16.0 Å². The Morgan fingerprint density at radius 3 is 2.65 bits per heavy atom. The number of thioether (sulfide) groups is 1. The van der Waals surface area contributed by atoms with Crippen molar-refractivity contribution in [3.05, 3.63) is 69.1 Å². The number of esters is 1. The maximum absolute atomic E-state index is 12.1. The summed E-state index contributed by atoms with van der Waals surface area (Å²) in [5.74, 6) is -0.611. The lowest BCUT2D eigenvalue weighted by molar-refractivity contribution is -0.133. The number of rotatable bonds is 4. The summed E-state index contributed by atoms with van der Waals surface area (Å²) in [6, 6.07) is 12.4. The van der Waals surface area contributed by atoms with Gasteiger partial charge in [-0.3, -0.25) is 19.7 Å². The second kappa shape index (κ2) is 7.76. The number of aryl methyl sites for hydroxylation is 1. The molecule has 5 nitrogen and oxygen atoms in total. The summed E-state index contributed by atoms with van der Waals surface area (Å²) in [7, 11) is 0. The normalized spacial score (nSPS) is 15.2. The second-order valence-corrected chi connectivity index (χ2v) is 7.04. The van der Waals surface area contributed by atoms with Gasteiger partial charge in [-0.05, 0) is 53.6 Å². The lowest BCUT2D eigenvalue weighted by atomic mass is 10.1. The zero-order valence-corrected chi connectivity index (χ0v) is 15.3. The lowest BCUT2D eigenvalue weighted by Gasteiger charge is -2.08. The molecular weight excluding hydrogens is 374 g/mol. The summed E-state index contributed by atoms with van der Waals surface area (Å²) in [5, 5.41) is 2.02. The average Bonchev–Trinajstić information content (AvgIpc) is 2.89. The number of carbonyl (C=O) groups excluding carboxylic acids is 3. The molecule has 1 fully saturated rings. The Bertz CT molecular complexity index is 939. The molecule has 26 heavy (non-hydrogen) atoms. The van der Waals surface area contributed by atoms with Crippen molar-refractivity contribution in [1.82, 2.24) is 5.32 Å². The van der Waals surface area contributed by atoms with Crippen molar-refractivity contribution >= 4 is 46.6 Å². The van der Waals surface area contributed by atoms with Crippen LogP contribution in [0, 0.1) is 6.92 Å². The number of imide groups is 1. The van der Waals surface area contributed by atoms with E-state index in [1.807, 2.05) is 31.2 Å². The van der Waals surface area contributed by atoms with E-state index in [-0.39, 0.29) is 22.1 Å². The quantitative estimate of drug-likeness (QED) is 0.485. The van der Waals surface area contributed by atoms with Gasteiger partial charge < -0.3 is 4.74 Å². The third kappa shape index (κ3) is 4.33. The van der Waals surface area contributed by atoms with Gasteiger partial charge in [0.2, 0.25) is 0 Å². The van der Waals surface area contributed by atoms with E-state index < -0.39 is 17.1 Å². The van der Waals surface area contributed by atoms with Crippen molar-refractivity contribution in [1.29, 1.82) is 0 Å². The molecule has 0 radical (unpaired) electrons. The first-order chi connectivity index (χ1) is 12.4. The maximum atomic E-state index is 12.1. The summed E-state index contributed by atoms with van der Waals surface area (Å²) in [6.45, 7) is 1.93. The molecule has 2 aromatic rings. The predicted octanol–water partition coefficient (Wildman–Crippen LogP) is 4.12. The molecule has 2 aromatic carbocycles. The topological polar surface area (TPSA) is 72.5 Å². The molecule has 0 aromatic heterocycles. The summed E-state index contributed by atoms with van der Waals surface area (Å²) in [5.41, 5.74) is 2.53. The minimum atomic E-state index is -0.440. The first-order valence-corrected chi connectivity index (χ1v) is 8.91. The molecule has 1 aliphatic heterocycles. The molecule has 2 amide bonds. The van der Waals surface area contributed by atoms with E-state index in [4.69, 9.17) is 16.3 Å². The van der Waals surface area contributed by atoms with Gasteiger partial charge in [0.25, 0.3) is 11.1 Å². The minimum Gasteiger partial charge on any atom is -0.425 e. The summed E-state index contributed by atoms with van der Waals surface area (Å²) < 4.78 is 5.34. The summed E-state index contributed by atoms with van der Waals surface area (Å²) in [4.78, 5) is 35.2. The van der Waals surface area contributed by atoms with Crippen LogP contribution in [0.1, 0.15) is 16.7 Å². The van der Waals surface area contributed by atoms with E-state index in [1.54, 1.807) is 24.3 Å². The highest BCUT2D eigenvalue weighted by Crippen LogP contribution is 2.30. The molecular formula is C19H14ClNO4S. The fourth-order valence-electron chi connectivity index (χ4n) is 2.38. The van der Waals surface area contributed by atoms with Crippen molar-refractivity contribution in [3.8, 4) is 5.75 Å². The first-order valence-electron chi connectivity index (χ1n) is 7.72. The van der Waals surface area contributed by atoms with E-state index in [0.29, 0.717) is 5.56 Å². The molecule has 1 heterocycles. The zero-order valence-electron chi connectivity index (χ0n) is 13.7. The fraction of sp³-hybridized carbons (Fsp3) is 0.105. The van der Waals surface area contributed by atoms with Crippen molar-refractivity contribution in [2.24, 2.45) is 0 Å². The average molecular weight is 388 g/mol. The van der Waals surface area contributed by atoms with Crippen molar-refractivity contribution < 1.29 is 19.1 Å². The smallest absolute Gasteiger partial charge is 0.315 e. The monoisotopic (exact) mass is 387 g/mol. The number of halogens is 1. The molecule has 132 valence electrons. The summed E-state index contributed by atoms with van der Waals surface area (Å²) >= 11 is 7.00. The Labute approximate surface area is 159 Å². The third-order valence-corrected chi connectivity index (χ3v) is 4.82. The van der Waals surface area contributed by atoms with Gasteiger partial charge in [0.1, 0.15) is 5.75 Å². The number of carbonyl (C=O) groups is 3. The molecule has 1 N–H and O–H groups in total. The number of benzene rings is 2. The highest BCUT2D eigenvalue weighted by atomic mass is 35.5. The van der Waals surface area contributed by atoms with Crippen LogP contribution in [0.25, 0.3) is 6.08 Å². The Hall–Kier alpha value is -2.57. The van der Waals surface area contributed by atoms with Crippen LogP contribution < -0.4 is 10.1 Å². The first kappa shape index (κ1) is 18.2. The van der Waals surface area contributed by atoms with Gasteiger partial charge in [-0.15, -0.1) is 0 Å². The Morgan fingerprint density at radius 2 is 2.00 bits per heavy atom. The van der Waals surface area contributed by atoms with E-state index in [1.165, 1.54) is 0 Å². The van der Waals surface area contributed by atoms with Crippen molar-refractivity contribution in [3.63, 3.8) is 0 Å². The molecule has 3 rings (SSSR count). The maximum Gasteiger partial charge on any atom is 0.315 e. The molecule has 0 aliphatic carbocycles. The number of hydrogen-bond acceptors (Lipinski definition) is 5. The van der Waals surface area contributed by atoms with E-state index >= 15 is 0 Å². The van der Waals surface area contributed by atoms with Crippen LogP contribution in [0.4, 0.5) is 4.79 Å². The largest absolute Gasteiger partial charge is 0.425 e.